The van der Waals surface area contributed by atoms with E-state index in [0.29, 0.717) is 5.95 Å². The molecule has 0 aliphatic rings. The Morgan fingerprint density at radius 1 is 0.300 bits per heavy atom. The van der Waals surface area contributed by atoms with Gasteiger partial charge in [-0.15, -0.1) is 0 Å². The summed E-state index contributed by atoms with van der Waals surface area (Å²) < 4.78 is 4.74. The molecule has 280 valence electrons. The SMILES string of the molecule is c1ccc(-c2ccc(-c3nc(-n4c5ccccc5c5c4ccc4c6ccccc6n(-c6cc(-c7ccccc7)cc(-c7ccccc7)c6)c45)nc4ccccc34)cc2)cc1. The summed E-state index contributed by atoms with van der Waals surface area (Å²) in [7, 11) is 0. The number of nitrogens with zero attached hydrogens (tertiary/aromatic N) is 4. The van der Waals surface area contributed by atoms with Crippen molar-refractivity contribution >= 4 is 54.5 Å². The van der Waals surface area contributed by atoms with Gasteiger partial charge in [0.2, 0.25) is 5.95 Å². The molecule has 0 saturated carbocycles. The molecule has 0 aliphatic carbocycles. The number of rotatable bonds is 6. The molecular weight excluding hydrogens is 729 g/mol. The van der Waals surface area contributed by atoms with Crippen molar-refractivity contribution in [2.75, 3.05) is 0 Å². The fraction of sp³-hybridized carbons (Fsp3) is 0. The van der Waals surface area contributed by atoms with Crippen molar-refractivity contribution in [2.24, 2.45) is 0 Å². The molecule has 60 heavy (non-hydrogen) atoms. The highest BCUT2D eigenvalue weighted by Gasteiger charge is 2.23. The minimum Gasteiger partial charge on any atom is -0.308 e. The van der Waals surface area contributed by atoms with Crippen molar-refractivity contribution in [1.29, 1.82) is 0 Å². The standard InChI is InChI=1S/C56H36N4/c1-4-16-37(17-5-1)40-28-30-41(31-29-40)54-47-23-10-13-25-49(47)57-56(58-54)60-51-27-15-12-24-48(51)53-52(60)33-32-46-45-22-11-14-26-50(45)59(55(46)53)44-35-42(38-18-6-2-7-19-38)34-43(36-44)39-20-8-3-9-21-39/h1-36H. The summed E-state index contributed by atoms with van der Waals surface area (Å²) in [4.78, 5) is 10.8. The van der Waals surface area contributed by atoms with Crippen LogP contribution in [0.1, 0.15) is 0 Å². The topological polar surface area (TPSA) is 35.6 Å². The molecule has 0 spiro atoms. The maximum atomic E-state index is 5.46. The molecule has 0 fully saturated rings. The van der Waals surface area contributed by atoms with Gasteiger partial charge in [-0.2, -0.15) is 0 Å². The van der Waals surface area contributed by atoms with E-state index in [2.05, 4.69) is 228 Å². The lowest BCUT2D eigenvalue weighted by molar-refractivity contribution is 1.01. The monoisotopic (exact) mass is 764 g/mol. The van der Waals surface area contributed by atoms with E-state index in [1.165, 1.54) is 44.2 Å². The van der Waals surface area contributed by atoms with Gasteiger partial charge in [0.15, 0.2) is 0 Å². The molecule has 0 bridgehead atoms. The van der Waals surface area contributed by atoms with Crippen molar-refractivity contribution in [3.8, 4) is 56.3 Å². The van der Waals surface area contributed by atoms with Gasteiger partial charge in [0.05, 0.1) is 33.3 Å². The van der Waals surface area contributed by atoms with Crippen LogP contribution in [-0.4, -0.2) is 19.1 Å². The van der Waals surface area contributed by atoms with E-state index in [1.807, 2.05) is 0 Å². The van der Waals surface area contributed by atoms with Crippen molar-refractivity contribution < 1.29 is 0 Å². The maximum Gasteiger partial charge on any atom is 0.235 e. The highest BCUT2D eigenvalue weighted by molar-refractivity contribution is 6.26. The lowest BCUT2D eigenvalue weighted by atomic mass is 9.98. The van der Waals surface area contributed by atoms with E-state index in [1.54, 1.807) is 0 Å². The Kier molecular flexibility index (Phi) is 7.82. The molecule has 0 aliphatic heterocycles. The third-order valence-corrected chi connectivity index (χ3v) is 11.9. The van der Waals surface area contributed by atoms with Crippen LogP contribution in [0.3, 0.4) is 0 Å². The first-order valence-electron chi connectivity index (χ1n) is 20.4. The van der Waals surface area contributed by atoms with E-state index in [9.17, 15) is 0 Å². The summed E-state index contributed by atoms with van der Waals surface area (Å²) in [6, 6.07) is 78.0. The number of fused-ring (bicyclic) bond motifs is 8. The average Bonchev–Trinajstić information content (AvgIpc) is 3.85. The Morgan fingerprint density at radius 2 is 0.800 bits per heavy atom. The van der Waals surface area contributed by atoms with Gasteiger partial charge in [-0.1, -0.05) is 176 Å². The quantitative estimate of drug-likeness (QED) is 0.169. The Morgan fingerprint density at radius 3 is 1.45 bits per heavy atom. The molecule has 9 aromatic carbocycles. The number of aromatic nitrogens is 4. The number of para-hydroxylation sites is 3. The Hall–Kier alpha value is -8.08. The molecule has 0 saturated heterocycles. The van der Waals surface area contributed by atoms with Crippen LogP contribution in [0.15, 0.2) is 218 Å². The molecule has 12 aromatic rings. The van der Waals surface area contributed by atoms with Crippen LogP contribution in [0.5, 0.6) is 0 Å². The molecule has 4 heteroatoms. The van der Waals surface area contributed by atoms with E-state index in [-0.39, 0.29) is 0 Å². The largest absolute Gasteiger partial charge is 0.308 e. The second kappa shape index (κ2) is 13.8. The lowest BCUT2D eigenvalue weighted by Crippen LogP contribution is -2.03. The molecule has 0 radical (unpaired) electrons. The van der Waals surface area contributed by atoms with Crippen LogP contribution < -0.4 is 0 Å². The molecule has 4 nitrogen and oxygen atoms in total. The second-order valence-corrected chi connectivity index (χ2v) is 15.4. The Labute approximate surface area is 346 Å². The summed E-state index contributed by atoms with van der Waals surface area (Å²) in [5, 5.41) is 5.74. The van der Waals surface area contributed by atoms with Gasteiger partial charge in [0.25, 0.3) is 0 Å². The van der Waals surface area contributed by atoms with Crippen LogP contribution in [0.25, 0.3) is 111 Å². The van der Waals surface area contributed by atoms with Crippen LogP contribution in [0, 0.1) is 0 Å². The molecule has 0 unspecified atom stereocenters. The minimum absolute atomic E-state index is 0.640. The van der Waals surface area contributed by atoms with Gasteiger partial charge in [0.1, 0.15) is 0 Å². The van der Waals surface area contributed by atoms with Crippen LogP contribution in [-0.2, 0) is 0 Å². The van der Waals surface area contributed by atoms with Crippen LogP contribution >= 0.6 is 0 Å². The van der Waals surface area contributed by atoms with Gasteiger partial charge in [-0.25, -0.2) is 9.97 Å². The lowest BCUT2D eigenvalue weighted by Gasteiger charge is -2.15. The summed E-state index contributed by atoms with van der Waals surface area (Å²) in [5.74, 6) is 0.640. The first-order valence-corrected chi connectivity index (χ1v) is 20.4. The Bertz CT molecular complexity index is 3510. The molecule has 0 amide bonds. The predicted octanol–water partition coefficient (Wildman–Crippen LogP) is 14.5. The van der Waals surface area contributed by atoms with E-state index in [4.69, 9.17) is 9.97 Å². The second-order valence-electron chi connectivity index (χ2n) is 15.4. The highest BCUT2D eigenvalue weighted by Crippen LogP contribution is 2.43. The first kappa shape index (κ1) is 34.0. The van der Waals surface area contributed by atoms with Crippen LogP contribution in [0.2, 0.25) is 0 Å². The van der Waals surface area contributed by atoms with Crippen LogP contribution in [0.4, 0.5) is 0 Å². The van der Waals surface area contributed by atoms with Gasteiger partial charge in [-0.05, 0) is 75.8 Å². The minimum atomic E-state index is 0.640. The van der Waals surface area contributed by atoms with Crippen molar-refractivity contribution in [2.45, 2.75) is 0 Å². The summed E-state index contributed by atoms with van der Waals surface area (Å²) in [6.07, 6.45) is 0. The van der Waals surface area contributed by atoms with Crippen molar-refractivity contribution in [3.05, 3.63) is 218 Å². The summed E-state index contributed by atoms with van der Waals surface area (Å²) in [6.45, 7) is 0. The van der Waals surface area contributed by atoms with Crippen molar-refractivity contribution in [1.82, 2.24) is 19.1 Å². The molecule has 3 aromatic heterocycles. The zero-order valence-corrected chi connectivity index (χ0v) is 32.6. The van der Waals surface area contributed by atoms with Gasteiger partial charge in [0, 0.05) is 38.2 Å². The normalized spacial score (nSPS) is 11.7. The fourth-order valence-corrected chi connectivity index (χ4v) is 9.16. The third-order valence-electron chi connectivity index (χ3n) is 11.9. The average molecular weight is 765 g/mol. The van der Waals surface area contributed by atoms with Gasteiger partial charge in [-0.3, -0.25) is 4.57 Å². The zero-order valence-electron chi connectivity index (χ0n) is 32.6. The number of hydrogen-bond donors (Lipinski definition) is 0. The first-order chi connectivity index (χ1) is 29.8. The smallest absolute Gasteiger partial charge is 0.235 e. The van der Waals surface area contributed by atoms with Crippen molar-refractivity contribution in [3.63, 3.8) is 0 Å². The predicted molar refractivity (Wildman–Crippen MR) is 250 cm³/mol. The van der Waals surface area contributed by atoms with Gasteiger partial charge < -0.3 is 4.57 Å². The number of hydrogen-bond acceptors (Lipinski definition) is 2. The van der Waals surface area contributed by atoms with E-state index >= 15 is 0 Å². The zero-order chi connectivity index (χ0) is 39.6. The third kappa shape index (κ3) is 5.46. The molecule has 0 N–H and O–H groups in total. The highest BCUT2D eigenvalue weighted by atomic mass is 15.2. The number of benzene rings is 9. The van der Waals surface area contributed by atoms with E-state index < -0.39 is 0 Å². The summed E-state index contributed by atoms with van der Waals surface area (Å²) in [5.41, 5.74) is 15.4. The fourth-order valence-electron chi connectivity index (χ4n) is 9.16. The molecular formula is C56H36N4. The molecule has 0 atom stereocenters. The summed E-state index contributed by atoms with van der Waals surface area (Å²) >= 11 is 0. The molecule has 3 heterocycles. The Balaban J connectivity index is 1.14. The molecule has 12 rings (SSSR count). The van der Waals surface area contributed by atoms with Gasteiger partial charge >= 0.3 is 0 Å². The van der Waals surface area contributed by atoms with E-state index in [0.717, 1.165) is 60.7 Å². The maximum absolute atomic E-state index is 5.46.